The summed E-state index contributed by atoms with van der Waals surface area (Å²) in [6.45, 7) is 0. The van der Waals surface area contributed by atoms with Crippen molar-refractivity contribution in [3.63, 3.8) is 0 Å². The fraction of sp³-hybridized carbons (Fsp3) is 0.0714. The average molecular weight is 313 g/mol. The predicted octanol–water partition coefficient (Wildman–Crippen LogP) is 3.90. The SMILES string of the molecule is O=C(O)C(O)c1ccc(Oc2ccc(Cl)cc2)cc1Cl. The molecule has 0 aliphatic rings. The van der Waals surface area contributed by atoms with Gasteiger partial charge in [-0.2, -0.15) is 0 Å². The van der Waals surface area contributed by atoms with Crippen LogP contribution in [0.5, 0.6) is 11.5 Å². The number of aliphatic carboxylic acids is 1. The van der Waals surface area contributed by atoms with Crippen molar-refractivity contribution < 1.29 is 19.7 Å². The number of carbonyl (C=O) groups is 1. The van der Waals surface area contributed by atoms with Gasteiger partial charge < -0.3 is 14.9 Å². The quantitative estimate of drug-likeness (QED) is 0.898. The Labute approximate surface area is 125 Å². The van der Waals surface area contributed by atoms with Gasteiger partial charge in [0, 0.05) is 10.6 Å². The molecule has 1 atom stereocenters. The van der Waals surface area contributed by atoms with Crippen molar-refractivity contribution in [1.29, 1.82) is 0 Å². The molecule has 1 unspecified atom stereocenters. The highest BCUT2D eigenvalue weighted by Gasteiger charge is 2.19. The number of hydrogen-bond donors (Lipinski definition) is 2. The van der Waals surface area contributed by atoms with E-state index in [4.69, 9.17) is 33.0 Å². The Hall–Kier alpha value is -1.75. The minimum atomic E-state index is -1.66. The summed E-state index contributed by atoms with van der Waals surface area (Å²) >= 11 is 11.7. The summed E-state index contributed by atoms with van der Waals surface area (Å²) in [7, 11) is 0. The summed E-state index contributed by atoms with van der Waals surface area (Å²) in [5.74, 6) is -0.367. The Morgan fingerprint density at radius 1 is 1.05 bits per heavy atom. The summed E-state index contributed by atoms with van der Waals surface area (Å²) in [4.78, 5) is 10.7. The maximum absolute atomic E-state index is 10.7. The van der Waals surface area contributed by atoms with Crippen molar-refractivity contribution in [2.75, 3.05) is 0 Å². The second-order valence-corrected chi connectivity index (χ2v) is 4.82. The normalized spacial score (nSPS) is 11.9. The number of benzene rings is 2. The maximum atomic E-state index is 10.7. The Morgan fingerprint density at radius 2 is 1.65 bits per heavy atom. The van der Waals surface area contributed by atoms with Crippen LogP contribution < -0.4 is 4.74 Å². The van der Waals surface area contributed by atoms with Crippen molar-refractivity contribution >= 4 is 29.2 Å². The number of halogens is 2. The van der Waals surface area contributed by atoms with Crippen LogP contribution in [0.3, 0.4) is 0 Å². The molecule has 20 heavy (non-hydrogen) atoms. The van der Waals surface area contributed by atoms with E-state index in [1.54, 1.807) is 24.3 Å². The fourth-order valence-electron chi connectivity index (χ4n) is 1.56. The second kappa shape index (κ2) is 6.13. The van der Waals surface area contributed by atoms with Gasteiger partial charge in [-0.25, -0.2) is 4.79 Å². The van der Waals surface area contributed by atoms with E-state index in [1.165, 1.54) is 18.2 Å². The number of aliphatic hydroxyl groups is 1. The lowest BCUT2D eigenvalue weighted by atomic mass is 10.1. The highest BCUT2D eigenvalue weighted by Crippen LogP contribution is 2.30. The van der Waals surface area contributed by atoms with Gasteiger partial charge in [0.1, 0.15) is 11.5 Å². The second-order valence-electron chi connectivity index (χ2n) is 3.98. The van der Waals surface area contributed by atoms with E-state index in [1.807, 2.05) is 0 Å². The summed E-state index contributed by atoms with van der Waals surface area (Å²) in [6.07, 6.45) is -1.66. The number of carboxylic acids is 1. The lowest BCUT2D eigenvalue weighted by molar-refractivity contribution is -0.146. The van der Waals surface area contributed by atoms with E-state index in [0.717, 1.165) is 0 Å². The Bertz CT molecular complexity index is 626. The summed E-state index contributed by atoms with van der Waals surface area (Å²) in [6, 6.07) is 11.1. The van der Waals surface area contributed by atoms with Crippen LogP contribution in [0.4, 0.5) is 0 Å². The van der Waals surface area contributed by atoms with Gasteiger partial charge in [0.05, 0.1) is 5.02 Å². The zero-order chi connectivity index (χ0) is 14.7. The molecule has 0 aliphatic heterocycles. The maximum Gasteiger partial charge on any atom is 0.337 e. The van der Waals surface area contributed by atoms with E-state index in [-0.39, 0.29) is 10.6 Å². The first-order valence-electron chi connectivity index (χ1n) is 5.61. The van der Waals surface area contributed by atoms with Gasteiger partial charge in [-0.3, -0.25) is 0 Å². The monoisotopic (exact) mass is 312 g/mol. The molecule has 0 fully saturated rings. The molecule has 0 heterocycles. The molecule has 0 amide bonds. The molecule has 2 N–H and O–H groups in total. The first-order chi connectivity index (χ1) is 9.47. The minimum Gasteiger partial charge on any atom is -0.479 e. The van der Waals surface area contributed by atoms with Gasteiger partial charge in [-0.15, -0.1) is 0 Å². The number of rotatable bonds is 4. The molecular weight excluding hydrogens is 303 g/mol. The smallest absolute Gasteiger partial charge is 0.337 e. The molecular formula is C14H10Cl2O4. The molecule has 0 spiro atoms. The third kappa shape index (κ3) is 3.42. The van der Waals surface area contributed by atoms with Gasteiger partial charge in [0.25, 0.3) is 0 Å². The third-order valence-electron chi connectivity index (χ3n) is 2.55. The van der Waals surface area contributed by atoms with Crippen LogP contribution in [0.25, 0.3) is 0 Å². The summed E-state index contributed by atoms with van der Waals surface area (Å²) in [5.41, 5.74) is 0.114. The predicted molar refractivity (Wildman–Crippen MR) is 75.6 cm³/mol. The zero-order valence-corrected chi connectivity index (χ0v) is 11.6. The molecule has 0 bridgehead atoms. The van der Waals surface area contributed by atoms with Crippen molar-refractivity contribution in [2.24, 2.45) is 0 Å². The molecule has 104 valence electrons. The zero-order valence-electron chi connectivity index (χ0n) is 10.1. The molecule has 4 nitrogen and oxygen atoms in total. The Kier molecular flexibility index (Phi) is 4.49. The van der Waals surface area contributed by atoms with Crippen LogP contribution in [0.1, 0.15) is 11.7 Å². The summed E-state index contributed by atoms with van der Waals surface area (Å²) in [5, 5.41) is 18.9. The molecule has 0 saturated heterocycles. The molecule has 0 aliphatic carbocycles. The summed E-state index contributed by atoms with van der Waals surface area (Å²) < 4.78 is 5.54. The topological polar surface area (TPSA) is 66.8 Å². The van der Waals surface area contributed by atoms with Gasteiger partial charge >= 0.3 is 5.97 Å². The largest absolute Gasteiger partial charge is 0.479 e. The number of carboxylic acid groups (broad SMARTS) is 1. The van der Waals surface area contributed by atoms with Crippen molar-refractivity contribution in [3.05, 3.63) is 58.1 Å². The van der Waals surface area contributed by atoms with E-state index in [0.29, 0.717) is 16.5 Å². The minimum absolute atomic E-state index is 0.114. The van der Waals surface area contributed by atoms with Crippen LogP contribution in [0.2, 0.25) is 10.0 Å². The van der Waals surface area contributed by atoms with Crippen molar-refractivity contribution in [2.45, 2.75) is 6.10 Å². The Balaban J connectivity index is 2.21. The molecule has 2 rings (SSSR count). The Morgan fingerprint density at radius 3 is 2.20 bits per heavy atom. The highest BCUT2D eigenvalue weighted by atomic mass is 35.5. The van der Waals surface area contributed by atoms with Crippen LogP contribution in [0, 0.1) is 0 Å². The van der Waals surface area contributed by atoms with E-state index >= 15 is 0 Å². The van der Waals surface area contributed by atoms with Gasteiger partial charge in [0.15, 0.2) is 6.10 Å². The van der Waals surface area contributed by atoms with Crippen LogP contribution in [-0.2, 0) is 4.79 Å². The van der Waals surface area contributed by atoms with Gasteiger partial charge in [-0.05, 0) is 36.4 Å². The average Bonchev–Trinajstić information content (AvgIpc) is 2.41. The lowest BCUT2D eigenvalue weighted by Gasteiger charge is -2.11. The van der Waals surface area contributed by atoms with E-state index < -0.39 is 12.1 Å². The molecule has 2 aromatic rings. The van der Waals surface area contributed by atoms with Crippen LogP contribution in [0.15, 0.2) is 42.5 Å². The lowest BCUT2D eigenvalue weighted by Crippen LogP contribution is -2.10. The van der Waals surface area contributed by atoms with Crippen LogP contribution >= 0.6 is 23.2 Å². The fourth-order valence-corrected chi connectivity index (χ4v) is 1.96. The molecule has 0 saturated carbocycles. The van der Waals surface area contributed by atoms with Gasteiger partial charge in [-0.1, -0.05) is 29.3 Å². The molecule has 0 aromatic heterocycles. The number of hydrogen-bond acceptors (Lipinski definition) is 3. The van der Waals surface area contributed by atoms with Crippen LogP contribution in [-0.4, -0.2) is 16.2 Å². The highest BCUT2D eigenvalue weighted by molar-refractivity contribution is 6.31. The molecule has 0 radical (unpaired) electrons. The number of ether oxygens (including phenoxy) is 1. The van der Waals surface area contributed by atoms with Gasteiger partial charge in [0.2, 0.25) is 0 Å². The van der Waals surface area contributed by atoms with E-state index in [2.05, 4.69) is 0 Å². The van der Waals surface area contributed by atoms with Crippen molar-refractivity contribution in [1.82, 2.24) is 0 Å². The number of aliphatic hydroxyl groups excluding tert-OH is 1. The first-order valence-corrected chi connectivity index (χ1v) is 6.36. The standard InChI is InChI=1S/C14H10Cl2O4/c15-8-1-3-9(4-2-8)20-10-5-6-11(12(16)7-10)13(17)14(18)19/h1-7,13,17H,(H,18,19). The van der Waals surface area contributed by atoms with E-state index in [9.17, 15) is 9.90 Å². The third-order valence-corrected chi connectivity index (χ3v) is 3.13. The molecule has 6 heteroatoms. The molecule has 2 aromatic carbocycles. The van der Waals surface area contributed by atoms with Crippen molar-refractivity contribution in [3.8, 4) is 11.5 Å². The first kappa shape index (κ1) is 14.7.